The third kappa shape index (κ3) is 8.90. The number of nitrogens with two attached hydrogens (primary N) is 1. The molecule has 17 heavy (non-hydrogen) atoms. The minimum atomic E-state index is -2.96. The smallest absolute Gasteiger partial charge is 0.205 e. The van der Waals surface area contributed by atoms with Crippen molar-refractivity contribution in [3.8, 4) is 0 Å². The Morgan fingerprint density at radius 1 is 1.47 bits per heavy atom. The van der Waals surface area contributed by atoms with Crippen LogP contribution in [0.15, 0.2) is 4.99 Å². The summed E-state index contributed by atoms with van der Waals surface area (Å²) in [5.74, 6) is 5.86. The van der Waals surface area contributed by atoms with E-state index in [1.54, 1.807) is 14.0 Å². The predicted octanol–water partition coefficient (Wildman–Crippen LogP) is -1.13. The number of hydrazine groups is 1. The molecular weight excluding hydrogens is 244 g/mol. The summed E-state index contributed by atoms with van der Waals surface area (Å²) in [5.41, 5.74) is 2.39. The average molecular weight is 266 g/mol. The summed E-state index contributed by atoms with van der Waals surface area (Å²) in [4.78, 5) is 4.12. The van der Waals surface area contributed by atoms with Crippen molar-refractivity contribution in [2.24, 2.45) is 10.8 Å². The van der Waals surface area contributed by atoms with Gasteiger partial charge in [-0.2, -0.15) is 0 Å². The molecule has 0 saturated carbocycles. The summed E-state index contributed by atoms with van der Waals surface area (Å²) in [6, 6.07) is 0. The Morgan fingerprint density at radius 2 is 2.18 bits per heavy atom. The molecule has 0 aliphatic rings. The highest BCUT2D eigenvalue weighted by Crippen LogP contribution is 1.87. The summed E-state index contributed by atoms with van der Waals surface area (Å²) < 4.78 is 27.3. The lowest BCUT2D eigenvalue weighted by atomic mass is 10.5. The number of guanidine groups is 1. The van der Waals surface area contributed by atoms with E-state index in [0.717, 1.165) is 6.42 Å². The Morgan fingerprint density at radius 3 is 2.71 bits per heavy atom. The van der Waals surface area contributed by atoms with E-state index in [-0.39, 0.29) is 11.5 Å². The van der Waals surface area contributed by atoms with Gasteiger partial charge in [0, 0.05) is 32.6 Å². The molecule has 102 valence electrons. The number of hydrogen-bond acceptors (Lipinski definition) is 5. The van der Waals surface area contributed by atoms with Gasteiger partial charge in [-0.3, -0.25) is 10.4 Å². The first-order valence-electron chi connectivity index (χ1n) is 5.50. The maximum Gasteiger partial charge on any atom is 0.205 e. The largest absolute Gasteiger partial charge is 0.385 e. The van der Waals surface area contributed by atoms with Crippen LogP contribution in [0.25, 0.3) is 0 Å². The fourth-order valence-corrected chi connectivity index (χ4v) is 1.72. The van der Waals surface area contributed by atoms with Crippen molar-refractivity contribution >= 4 is 15.8 Å². The maximum atomic E-state index is 11.2. The molecule has 0 atom stereocenters. The number of methoxy groups -OCH3 is 1. The molecule has 0 aliphatic carbocycles. The van der Waals surface area contributed by atoms with Crippen LogP contribution in [0.1, 0.15) is 13.3 Å². The highest BCUT2D eigenvalue weighted by molar-refractivity contribution is 7.91. The number of hydrogen-bond donors (Lipinski definition) is 3. The number of nitrogens with zero attached hydrogens (tertiary/aromatic N) is 1. The molecule has 0 heterocycles. The number of sulfone groups is 1. The lowest BCUT2D eigenvalue weighted by molar-refractivity contribution is 0.197. The number of nitrogens with one attached hydrogen (secondary N) is 2. The zero-order valence-electron chi connectivity index (χ0n) is 10.4. The van der Waals surface area contributed by atoms with Gasteiger partial charge in [0.1, 0.15) is 0 Å². The highest BCUT2D eigenvalue weighted by atomic mass is 32.2. The third-order valence-electron chi connectivity index (χ3n) is 2.06. The van der Waals surface area contributed by atoms with Crippen molar-refractivity contribution in [3.05, 3.63) is 0 Å². The van der Waals surface area contributed by atoms with Gasteiger partial charge in [-0.25, -0.2) is 14.3 Å². The molecule has 8 heteroatoms. The first kappa shape index (κ1) is 16.1. The number of aliphatic imine (C=N–C) groups is 1. The van der Waals surface area contributed by atoms with Gasteiger partial charge < -0.3 is 10.1 Å². The Hall–Kier alpha value is -0.860. The van der Waals surface area contributed by atoms with Crippen LogP contribution in [0.2, 0.25) is 0 Å². The molecule has 0 aromatic heterocycles. The van der Waals surface area contributed by atoms with Crippen molar-refractivity contribution < 1.29 is 13.2 Å². The van der Waals surface area contributed by atoms with E-state index in [4.69, 9.17) is 10.6 Å². The topological polar surface area (TPSA) is 106 Å². The average Bonchev–Trinajstić information content (AvgIpc) is 2.32. The molecule has 0 saturated heterocycles. The summed E-state index contributed by atoms with van der Waals surface area (Å²) in [5, 5.41) is 2.83. The van der Waals surface area contributed by atoms with Gasteiger partial charge in [0.05, 0.1) is 5.75 Å². The van der Waals surface area contributed by atoms with Gasteiger partial charge in [0.15, 0.2) is 9.84 Å². The van der Waals surface area contributed by atoms with Crippen molar-refractivity contribution in [1.29, 1.82) is 0 Å². The quantitative estimate of drug-likeness (QED) is 0.169. The molecule has 0 aromatic rings. The monoisotopic (exact) mass is 266 g/mol. The second-order valence-corrected chi connectivity index (χ2v) is 5.86. The molecule has 0 aromatic carbocycles. The number of ether oxygens (including phenoxy) is 1. The summed E-state index contributed by atoms with van der Waals surface area (Å²) in [6.07, 6.45) is 0.788. The zero-order valence-corrected chi connectivity index (χ0v) is 11.2. The molecule has 0 spiro atoms. The van der Waals surface area contributed by atoms with Crippen LogP contribution < -0.4 is 16.6 Å². The van der Waals surface area contributed by atoms with Gasteiger partial charge >= 0.3 is 0 Å². The molecule has 0 bridgehead atoms. The summed E-state index contributed by atoms with van der Waals surface area (Å²) >= 11 is 0. The lowest BCUT2D eigenvalue weighted by Gasteiger charge is -2.08. The molecule has 0 amide bonds. The van der Waals surface area contributed by atoms with Gasteiger partial charge in [-0.05, 0) is 6.42 Å². The zero-order chi connectivity index (χ0) is 13.1. The Kier molecular flexibility index (Phi) is 8.73. The highest BCUT2D eigenvalue weighted by Gasteiger charge is 2.06. The van der Waals surface area contributed by atoms with E-state index >= 15 is 0 Å². The third-order valence-corrected chi connectivity index (χ3v) is 3.76. The normalized spacial score (nSPS) is 12.5. The Balaban J connectivity index is 3.89. The van der Waals surface area contributed by atoms with Crippen LogP contribution in [-0.4, -0.2) is 52.7 Å². The second-order valence-electron chi connectivity index (χ2n) is 3.38. The van der Waals surface area contributed by atoms with Crippen molar-refractivity contribution in [3.63, 3.8) is 0 Å². The van der Waals surface area contributed by atoms with Crippen molar-refractivity contribution in [1.82, 2.24) is 10.7 Å². The Bertz CT molecular complexity index is 316. The van der Waals surface area contributed by atoms with E-state index < -0.39 is 9.84 Å². The Labute approximate surface area is 103 Å². The SMILES string of the molecule is CCS(=O)(=O)CCNC(=NCCCOC)NN. The first-order valence-corrected chi connectivity index (χ1v) is 7.32. The van der Waals surface area contributed by atoms with Gasteiger partial charge in [0.25, 0.3) is 0 Å². The molecule has 4 N–H and O–H groups in total. The van der Waals surface area contributed by atoms with E-state index in [0.29, 0.717) is 25.7 Å². The fourth-order valence-electron chi connectivity index (χ4n) is 1.02. The van der Waals surface area contributed by atoms with Crippen molar-refractivity contribution in [2.75, 3.05) is 38.3 Å². The first-order chi connectivity index (χ1) is 8.05. The van der Waals surface area contributed by atoms with Crippen LogP contribution in [0, 0.1) is 0 Å². The molecular formula is C9H22N4O3S. The molecule has 0 fully saturated rings. The predicted molar refractivity (Wildman–Crippen MR) is 68.4 cm³/mol. The number of rotatable bonds is 8. The second kappa shape index (κ2) is 9.20. The minimum absolute atomic E-state index is 0.0717. The fraction of sp³-hybridized carbons (Fsp3) is 0.889. The standard InChI is InChI=1S/C9H22N4O3S/c1-3-17(14,15)8-6-12-9(13-10)11-5-4-7-16-2/h3-8,10H2,1-2H3,(H2,11,12,13). The van der Waals surface area contributed by atoms with Crippen LogP contribution >= 0.6 is 0 Å². The molecule has 0 aliphatic heterocycles. The maximum absolute atomic E-state index is 11.2. The van der Waals surface area contributed by atoms with E-state index in [1.807, 2.05) is 0 Å². The molecule has 0 unspecified atom stereocenters. The van der Waals surface area contributed by atoms with Crippen molar-refractivity contribution in [2.45, 2.75) is 13.3 Å². The lowest BCUT2D eigenvalue weighted by Crippen LogP contribution is -2.43. The van der Waals surface area contributed by atoms with E-state index in [1.165, 1.54) is 0 Å². The van der Waals surface area contributed by atoms with Crippen LogP contribution in [-0.2, 0) is 14.6 Å². The minimum Gasteiger partial charge on any atom is -0.385 e. The van der Waals surface area contributed by atoms with Gasteiger partial charge in [-0.15, -0.1) is 0 Å². The van der Waals surface area contributed by atoms with Gasteiger partial charge in [0.2, 0.25) is 5.96 Å². The molecule has 7 nitrogen and oxygen atoms in total. The molecule has 0 radical (unpaired) electrons. The van der Waals surface area contributed by atoms with Crippen LogP contribution in [0.4, 0.5) is 0 Å². The van der Waals surface area contributed by atoms with Crippen LogP contribution in [0.5, 0.6) is 0 Å². The van der Waals surface area contributed by atoms with E-state index in [9.17, 15) is 8.42 Å². The molecule has 0 rings (SSSR count). The summed E-state index contributed by atoms with van der Waals surface area (Å²) in [6.45, 7) is 3.12. The van der Waals surface area contributed by atoms with E-state index in [2.05, 4.69) is 15.7 Å². The summed E-state index contributed by atoms with van der Waals surface area (Å²) in [7, 11) is -1.33. The van der Waals surface area contributed by atoms with Crippen LogP contribution in [0.3, 0.4) is 0 Å². The van der Waals surface area contributed by atoms with Gasteiger partial charge in [-0.1, -0.05) is 6.92 Å².